The average Bonchev–Trinajstić information content (AvgIpc) is 2.25. The van der Waals surface area contributed by atoms with E-state index in [4.69, 9.17) is 5.11 Å². The van der Waals surface area contributed by atoms with Crippen molar-refractivity contribution in [2.24, 2.45) is 5.92 Å². The van der Waals surface area contributed by atoms with Crippen LogP contribution in [-0.2, 0) is 0 Å². The van der Waals surface area contributed by atoms with Gasteiger partial charge in [-0.15, -0.1) is 0 Å². The van der Waals surface area contributed by atoms with Crippen molar-refractivity contribution in [3.05, 3.63) is 24.0 Å². The van der Waals surface area contributed by atoms with Gasteiger partial charge in [0.25, 0.3) is 5.91 Å². The van der Waals surface area contributed by atoms with Crippen LogP contribution in [0.5, 0.6) is 5.75 Å². The number of carbonyl (C=O) groups excluding carboxylic acids is 1. The number of carbonyl (C=O) groups is 1. The fourth-order valence-electron chi connectivity index (χ4n) is 1.23. The Hall–Kier alpha value is -1.62. The molecule has 3 N–H and O–H groups in total. The molecule has 0 bridgehead atoms. The Morgan fingerprint density at radius 2 is 2.25 bits per heavy atom. The predicted molar refractivity (Wildman–Crippen MR) is 59.1 cm³/mol. The summed E-state index contributed by atoms with van der Waals surface area (Å²) in [6.45, 7) is 3.63. The molecule has 0 aliphatic rings. The molecular formula is C11H16N2O3. The highest BCUT2D eigenvalue weighted by molar-refractivity contribution is 5.94. The second-order valence-electron chi connectivity index (χ2n) is 3.88. The van der Waals surface area contributed by atoms with E-state index >= 15 is 0 Å². The van der Waals surface area contributed by atoms with Gasteiger partial charge in [-0.05, 0) is 18.1 Å². The van der Waals surface area contributed by atoms with E-state index in [0.29, 0.717) is 0 Å². The van der Waals surface area contributed by atoms with Gasteiger partial charge in [0.1, 0.15) is 5.75 Å². The molecule has 0 aliphatic heterocycles. The second kappa shape index (κ2) is 5.46. The van der Waals surface area contributed by atoms with Crippen molar-refractivity contribution in [2.45, 2.75) is 19.9 Å². The first-order valence-corrected chi connectivity index (χ1v) is 5.12. The van der Waals surface area contributed by atoms with Gasteiger partial charge < -0.3 is 15.5 Å². The van der Waals surface area contributed by atoms with Crippen molar-refractivity contribution in [3.63, 3.8) is 0 Å². The third-order valence-electron chi connectivity index (χ3n) is 2.32. The van der Waals surface area contributed by atoms with Crippen molar-refractivity contribution in [1.82, 2.24) is 10.3 Å². The van der Waals surface area contributed by atoms with Crippen molar-refractivity contribution < 1.29 is 15.0 Å². The van der Waals surface area contributed by atoms with E-state index in [1.54, 1.807) is 0 Å². The molecule has 0 fully saturated rings. The third-order valence-corrected chi connectivity index (χ3v) is 2.32. The van der Waals surface area contributed by atoms with Gasteiger partial charge in [0, 0.05) is 6.20 Å². The average molecular weight is 224 g/mol. The molecule has 88 valence electrons. The van der Waals surface area contributed by atoms with Gasteiger partial charge >= 0.3 is 0 Å². The summed E-state index contributed by atoms with van der Waals surface area (Å²) in [5.41, 5.74) is -0.0263. The number of aromatic hydroxyl groups is 1. The Morgan fingerprint density at radius 1 is 1.56 bits per heavy atom. The molecule has 0 aliphatic carbocycles. The Bertz CT molecular complexity index is 366. The molecule has 5 nitrogen and oxygen atoms in total. The lowest BCUT2D eigenvalue weighted by atomic mass is 10.1. The highest BCUT2D eigenvalue weighted by atomic mass is 16.3. The van der Waals surface area contributed by atoms with Gasteiger partial charge in [-0.2, -0.15) is 0 Å². The van der Waals surface area contributed by atoms with Crippen LogP contribution in [0.2, 0.25) is 0 Å². The number of hydrogen-bond acceptors (Lipinski definition) is 4. The topological polar surface area (TPSA) is 82.5 Å². The quantitative estimate of drug-likeness (QED) is 0.697. The van der Waals surface area contributed by atoms with Crippen molar-refractivity contribution >= 4 is 5.91 Å². The molecule has 1 heterocycles. The first kappa shape index (κ1) is 12.4. The van der Waals surface area contributed by atoms with Crippen molar-refractivity contribution in [3.8, 4) is 5.75 Å². The number of pyridine rings is 1. The largest absolute Gasteiger partial charge is 0.505 e. The molecule has 0 saturated heterocycles. The maximum atomic E-state index is 11.7. The Labute approximate surface area is 94.1 Å². The first-order chi connectivity index (χ1) is 7.56. The highest BCUT2D eigenvalue weighted by Crippen LogP contribution is 2.13. The Morgan fingerprint density at radius 3 is 2.75 bits per heavy atom. The maximum Gasteiger partial charge on any atom is 0.274 e. The van der Waals surface area contributed by atoms with Gasteiger partial charge in [-0.1, -0.05) is 13.8 Å². The van der Waals surface area contributed by atoms with Crippen molar-refractivity contribution in [1.29, 1.82) is 0 Å². The first-order valence-electron chi connectivity index (χ1n) is 5.12. The predicted octanol–water partition coefficient (Wildman–Crippen LogP) is 0.534. The smallest absolute Gasteiger partial charge is 0.274 e. The van der Waals surface area contributed by atoms with Crippen LogP contribution in [0.25, 0.3) is 0 Å². The van der Waals surface area contributed by atoms with Crippen LogP contribution in [0.1, 0.15) is 24.3 Å². The lowest BCUT2D eigenvalue weighted by Gasteiger charge is -2.19. The van der Waals surface area contributed by atoms with Crippen LogP contribution in [0, 0.1) is 5.92 Å². The maximum absolute atomic E-state index is 11.7. The molecule has 1 amide bonds. The molecule has 0 radical (unpaired) electrons. The molecule has 1 rings (SSSR count). The van der Waals surface area contributed by atoms with Crippen LogP contribution >= 0.6 is 0 Å². The van der Waals surface area contributed by atoms with Gasteiger partial charge in [0.2, 0.25) is 0 Å². The van der Waals surface area contributed by atoms with E-state index in [-0.39, 0.29) is 30.0 Å². The minimum absolute atomic E-state index is 0.0263. The molecule has 1 atom stereocenters. The van der Waals surface area contributed by atoms with Gasteiger partial charge in [0.05, 0.1) is 12.6 Å². The summed E-state index contributed by atoms with van der Waals surface area (Å²) in [7, 11) is 0. The molecule has 5 heteroatoms. The molecule has 1 aromatic rings. The summed E-state index contributed by atoms with van der Waals surface area (Å²) in [4.78, 5) is 15.5. The van der Waals surface area contributed by atoms with Crippen LogP contribution in [0.15, 0.2) is 18.3 Å². The summed E-state index contributed by atoms with van der Waals surface area (Å²) in [5.74, 6) is -0.536. The standard InChI is InChI=1S/C11H16N2O3/c1-7(2)8(6-14)13-11(16)10-9(15)4-3-5-12-10/h3-5,7-8,14-15H,6H2,1-2H3,(H,13,16). The van der Waals surface area contributed by atoms with Gasteiger partial charge in [-0.25, -0.2) is 4.98 Å². The lowest BCUT2D eigenvalue weighted by molar-refractivity contribution is 0.0889. The van der Waals surface area contributed by atoms with E-state index < -0.39 is 5.91 Å². The van der Waals surface area contributed by atoms with Gasteiger partial charge in [0.15, 0.2) is 5.69 Å². The normalized spacial score (nSPS) is 12.5. The molecule has 1 aromatic heterocycles. The zero-order valence-corrected chi connectivity index (χ0v) is 9.34. The number of aliphatic hydroxyl groups is 1. The fraction of sp³-hybridized carbons (Fsp3) is 0.455. The molecule has 0 aromatic carbocycles. The van der Waals surface area contributed by atoms with Crippen LogP contribution < -0.4 is 5.32 Å². The number of aliphatic hydroxyl groups excluding tert-OH is 1. The highest BCUT2D eigenvalue weighted by Gasteiger charge is 2.18. The molecule has 0 spiro atoms. The van der Waals surface area contributed by atoms with Crippen molar-refractivity contribution in [2.75, 3.05) is 6.61 Å². The van der Waals surface area contributed by atoms with E-state index in [0.717, 1.165) is 0 Å². The molecule has 0 saturated carbocycles. The number of hydrogen-bond donors (Lipinski definition) is 3. The summed E-state index contributed by atoms with van der Waals surface area (Å²) in [6, 6.07) is 2.59. The molecular weight excluding hydrogens is 208 g/mol. The summed E-state index contributed by atoms with van der Waals surface area (Å²) >= 11 is 0. The zero-order valence-electron chi connectivity index (χ0n) is 9.34. The lowest BCUT2D eigenvalue weighted by Crippen LogP contribution is -2.41. The minimum atomic E-state index is -0.481. The Balaban J connectivity index is 2.76. The SMILES string of the molecule is CC(C)C(CO)NC(=O)c1ncccc1O. The van der Waals surface area contributed by atoms with E-state index in [1.807, 2.05) is 13.8 Å². The third kappa shape index (κ3) is 2.93. The van der Waals surface area contributed by atoms with E-state index in [2.05, 4.69) is 10.3 Å². The number of amides is 1. The molecule has 16 heavy (non-hydrogen) atoms. The minimum Gasteiger partial charge on any atom is -0.505 e. The van der Waals surface area contributed by atoms with Crippen LogP contribution in [0.3, 0.4) is 0 Å². The summed E-state index contributed by atoms with van der Waals surface area (Å²) in [5, 5.41) is 21.1. The van der Waals surface area contributed by atoms with Crippen LogP contribution in [-0.4, -0.2) is 33.8 Å². The van der Waals surface area contributed by atoms with E-state index in [1.165, 1.54) is 18.3 Å². The van der Waals surface area contributed by atoms with Crippen LogP contribution in [0.4, 0.5) is 0 Å². The Kier molecular flexibility index (Phi) is 4.25. The summed E-state index contributed by atoms with van der Waals surface area (Å²) in [6.07, 6.45) is 1.43. The summed E-state index contributed by atoms with van der Waals surface area (Å²) < 4.78 is 0. The van der Waals surface area contributed by atoms with E-state index in [9.17, 15) is 9.90 Å². The fourth-order valence-corrected chi connectivity index (χ4v) is 1.23. The number of aromatic nitrogens is 1. The number of rotatable bonds is 4. The molecule has 1 unspecified atom stereocenters. The number of nitrogens with one attached hydrogen (secondary N) is 1. The second-order valence-corrected chi connectivity index (χ2v) is 3.88. The monoisotopic (exact) mass is 224 g/mol. The zero-order chi connectivity index (χ0) is 12.1. The van der Waals surface area contributed by atoms with Gasteiger partial charge in [-0.3, -0.25) is 4.79 Å². The number of nitrogens with zero attached hydrogens (tertiary/aromatic N) is 1.